The van der Waals surface area contributed by atoms with E-state index < -0.39 is 6.77 Å². The highest BCUT2D eigenvalue weighted by molar-refractivity contribution is 9.40. The van der Waals surface area contributed by atoms with Crippen LogP contribution in [0.5, 0.6) is 0 Å². The summed E-state index contributed by atoms with van der Waals surface area (Å²) in [6, 6.07) is 4.81. The van der Waals surface area contributed by atoms with Crippen molar-refractivity contribution in [3.05, 3.63) is 38.8 Å². The van der Waals surface area contributed by atoms with Crippen molar-refractivity contribution in [1.82, 2.24) is 0 Å². The third kappa shape index (κ3) is 7.24. The number of nitrogens with one attached hydrogen (secondary N) is 1. The Morgan fingerprint density at radius 2 is 1.37 bits per heavy atom. The molecule has 1 atom stereocenters. The van der Waals surface area contributed by atoms with E-state index in [1.54, 1.807) is 0 Å². The Morgan fingerprint density at radius 3 is 1.67 bits per heavy atom. The van der Waals surface area contributed by atoms with Gasteiger partial charge in [0.2, 0.25) is 0 Å². The zero-order valence-electron chi connectivity index (χ0n) is 21.1. The van der Waals surface area contributed by atoms with Crippen LogP contribution >= 0.6 is 38.2 Å². The van der Waals surface area contributed by atoms with Crippen molar-refractivity contribution in [2.45, 2.75) is 99.3 Å². The van der Waals surface area contributed by atoms with Gasteiger partial charge in [0.25, 0.3) is 0 Å². The molecule has 0 spiro atoms. The Morgan fingerprint density at radius 1 is 0.933 bits per heavy atom. The van der Waals surface area contributed by atoms with Gasteiger partial charge >= 0.3 is 0 Å². The minimum absolute atomic E-state index is 0.0195. The van der Waals surface area contributed by atoms with Crippen molar-refractivity contribution in [2.75, 3.05) is 11.7 Å². The second kappa shape index (κ2) is 10.3. The molecular formula is C25H42Br2NOP. The molecule has 0 saturated heterocycles. The molecule has 0 aliphatic rings. The molecule has 172 valence electrons. The lowest BCUT2D eigenvalue weighted by molar-refractivity contribution is 0.257. The first kappa shape index (κ1) is 28.0. The van der Waals surface area contributed by atoms with E-state index in [9.17, 15) is 0 Å². The molecule has 0 radical (unpaired) electrons. The van der Waals surface area contributed by atoms with E-state index in [2.05, 4.69) is 125 Å². The van der Waals surface area contributed by atoms with Crippen LogP contribution in [0.25, 0.3) is 0 Å². The predicted molar refractivity (Wildman–Crippen MR) is 144 cm³/mol. The average molecular weight is 563 g/mol. The molecule has 1 aromatic rings. The van der Waals surface area contributed by atoms with Gasteiger partial charge in [0, 0.05) is 11.0 Å². The predicted octanol–water partition coefficient (Wildman–Crippen LogP) is 9.95. The van der Waals surface area contributed by atoms with Gasteiger partial charge < -0.3 is 9.82 Å². The van der Waals surface area contributed by atoms with Crippen molar-refractivity contribution in [1.29, 1.82) is 0 Å². The molecule has 2 nitrogen and oxygen atoms in total. The fraction of sp³-hybridized carbons (Fsp3) is 0.680. The second-order valence-electron chi connectivity index (χ2n) is 11.3. The minimum Gasteiger partial charge on any atom is -0.487 e. The van der Waals surface area contributed by atoms with Crippen LogP contribution in [0.3, 0.4) is 0 Å². The SMILES string of the molecule is CCO/C(Br)=C(\C(C)C)P(Br)Nc1c(C(C)(C)C)cc(C(C)(C)C)cc1C(C)(C)C. The van der Waals surface area contributed by atoms with E-state index in [0.29, 0.717) is 12.5 Å². The van der Waals surface area contributed by atoms with Crippen LogP contribution in [-0.2, 0) is 21.0 Å². The third-order valence-electron chi connectivity index (χ3n) is 5.06. The smallest absolute Gasteiger partial charge is 0.168 e. The lowest BCUT2D eigenvalue weighted by Gasteiger charge is -2.35. The topological polar surface area (TPSA) is 21.3 Å². The zero-order chi connectivity index (χ0) is 23.7. The highest BCUT2D eigenvalue weighted by atomic mass is 79.9. The molecule has 0 aliphatic carbocycles. The summed E-state index contributed by atoms with van der Waals surface area (Å²) in [7, 11) is 0. The molecular weight excluding hydrogens is 521 g/mol. The number of halogens is 2. The molecule has 30 heavy (non-hydrogen) atoms. The van der Waals surface area contributed by atoms with Crippen molar-refractivity contribution < 1.29 is 4.74 Å². The van der Waals surface area contributed by atoms with Gasteiger partial charge in [0.15, 0.2) is 4.67 Å². The van der Waals surface area contributed by atoms with Gasteiger partial charge in [-0.1, -0.05) is 88.3 Å². The summed E-state index contributed by atoms with van der Waals surface area (Å²) in [5.74, 6) is 0.355. The van der Waals surface area contributed by atoms with Gasteiger partial charge in [0.1, 0.15) is 0 Å². The molecule has 1 aromatic carbocycles. The fourth-order valence-electron chi connectivity index (χ4n) is 3.27. The Labute approximate surface area is 203 Å². The molecule has 0 amide bonds. The number of hydrogen-bond donors (Lipinski definition) is 1. The van der Waals surface area contributed by atoms with Crippen molar-refractivity contribution in [3.8, 4) is 0 Å². The first-order valence-corrected chi connectivity index (χ1v) is 15.0. The number of anilines is 1. The molecule has 0 bridgehead atoms. The summed E-state index contributed by atoms with van der Waals surface area (Å²) in [6.45, 7) is 27.0. The standard InChI is InChI=1S/C25H42Br2NOP/c1-13-29-22(26)21(16(2)3)30(27)28-20-18(24(7,8)9)14-17(23(4,5)6)15-19(20)25(10,11)12/h14-16,28H,13H2,1-12H3/b22-21+. The third-order valence-corrected chi connectivity index (χ3v) is 9.26. The van der Waals surface area contributed by atoms with Crippen LogP contribution in [0.15, 0.2) is 22.1 Å². The van der Waals surface area contributed by atoms with Crippen LogP contribution in [0.4, 0.5) is 5.69 Å². The molecule has 1 rings (SSSR count). The van der Waals surface area contributed by atoms with E-state index >= 15 is 0 Å². The molecule has 1 unspecified atom stereocenters. The molecule has 0 fully saturated rings. The maximum absolute atomic E-state index is 5.83. The van der Waals surface area contributed by atoms with Crippen LogP contribution in [-0.4, -0.2) is 6.61 Å². The first-order valence-electron chi connectivity index (χ1n) is 10.9. The number of benzene rings is 1. The van der Waals surface area contributed by atoms with Gasteiger partial charge in [-0.25, -0.2) is 0 Å². The summed E-state index contributed by atoms with van der Waals surface area (Å²) >= 11 is 7.67. The number of rotatable bonds is 6. The first-order chi connectivity index (χ1) is 13.4. The summed E-state index contributed by atoms with van der Waals surface area (Å²) in [5, 5.41) is 5.15. The van der Waals surface area contributed by atoms with Gasteiger partial charge in [-0.05, 0) is 77.2 Å². The molecule has 5 heteroatoms. The maximum Gasteiger partial charge on any atom is 0.168 e. The summed E-state index contributed by atoms with van der Waals surface area (Å²) in [6.07, 6.45) is 0. The lowest BCUT2D eigenvalue weighted by Crippen LogP contribution is -2.23. The molecule has 0 aromatic heterocycles. The van der Waals surface area contributed by atoms with Gasteiger partial charge in [-0.15, -0.1) is 0 Å². The summed E-state index contributed by atoms with van der Waals surface area (Å²) in [4.78, 5) is 0. The second-order valence-corrected chi connectivity index (χ2v) is 15.5. The minimum atomic E-state index is -0.805. The van der Waals surface area contributed by atoms with Gasteiger partial charge in [-0.2, -0.15) is 0 Å². The van der Waals surface area contributed by atoms with E-state index in [1.807, 2.05) is 6.92 Å². The van der Waals surface area contributed by atoms with Crippen molar-refractivity contribution in [2.24, 2.45) is 5.92 Å². The highest BCUT2D eigenvalue weighted by Crippen LogP contribution is 2.58. The highest BCUT2D eigenvalue weighted by Gasteiger charge is 2.31. The molecule has 0 heterocycles. The van der Waals surface area contributed by atoms with Crippen molar-refractivity contribution >= 4 is 43.9 Å². The van der Waals surface area contributed by atoms with Crippen LogP contribution in [0.1, 0.15) is 99.8 Å². The summed E-state index contributed by atoms with van der Waals surface area (Å²) in [5.41, 5.74) is 5.50. The largest absolute Gasteiger partial charge is 0.487 e. The van der Waals surface area contributed by atoms with Crippen molar-refractivity contribution in [3.63, 3.8) is 0 Å². The monoisotopic (exact) mass is 561 g/mol. The Kier molecular flexibility index (Phi) is 9.57. The zero-order valence-corrected chi connectivity index (χ0v) is 25.1. The van der Waals surface area contributed by atoms with E-state index in [-0.39, 0.29) is 16.2 Å². The lowest BCUT2D eigenvalue weighted by atomic mass is 9.74. The summed E-state index contributed by atoms with van der Waals surface area (Å²) < 4.78 is 6.67. The maximum atomic E-state index is 5.83. The average Bonchev–Trinajstić information content (AvgIpc) is 2.51. The molecule has 1 N–H and O–H groups in total. The Bertz CT molecular complexity index is 730. The van der Waals surface area contributed by atoms with Gasteiger partial charge in [0.05, 0.1) is 13.4 Å². The molecule has 0 aliphatic heterocycles. The Hall–Kier alpha value is -0.0500. The van der Waals surface area contributed by atoms with E-state index in [1.165, 1.54) is 27.7 Å². The number of ether oxygens (including phenoxy) is 1. The van der Waals surface area contributed by atoms with Crippen LogP contribution < -0.4 is 5.09 Å². The van der Waals surface area contributed by atoms with Gasteiger partial charge in [-0.3, -0.25) is 0 Å². The number of allylic oxidation sites excluding steroid dienone is 1. The van der Waals surface area contributed by atoms with Crippen LogP contribution in [0, 0.1) is 5.92 Å². The molecule has 0 saturated carbocycles. The van der Waals surface area contributed by atoms with E-state index in [4.69, 9.17) is 4.74 Å². The normalized spacial score (nSPS) is 15.2. The fourth-order valence-corrected chi connectivity index (χ4v) is 8.67. The van der Waals surface area contributed by atoms with E-state index in [0.717, 1.165) is 4.67 Å². The quantitative estimate of drug-likeness (QED) is 0.275. The van der Waals surface area contributed by atoms with Crippen LogP contribution in [0.2, 0.25) is 0 Å². The Balaban J connectivity index is 3.77. The number of hydrogen-bond acceptors (Lipinski definition) is 2.